The third kappa shape index (κ3) is 2.76. The highest BCUT2D eigenvalue weighted by Gasteiger charge is 2.24. The van der Waals surface area contributed by atoms with E-state index in [2.05, 4.69) is 4.98 Å². The van der Waals surface area contributed by atoms with Crippen LogP contribution in [-0.2, 0) is 0 Å². The molecule has 1 aliphatic rings. The number of nitrogens with two attached hydrogens (primary N) is 1. The Morgan fingerprint density at radius 2 is 2.12 bits per heavy atom. The molecule has 0 aliphatic carbocycles. The molecule has 1 aromatic rings. The molecule has 94 valence electrons. The lowest BCUT2D eigenvalue weighted by molar-refractivity contribution is 0.0688. The molecule has 2 heterocycles. The quantitative estimate of drug-likeness (QED) is 0.869. The summed E-state index contributed by atoms with van der Waals surface area (Å²) in [4.78, 5) is 16.7. The van der Waals surface area contributed by atoms with Crippen molar-refractivity contribution in [1.29, 1.82) is 0 Å². The number of carbonyl (C=O) groups excluding carboxylic acids is 1. The van der Waals surface area contributed by atoms with E-state index in [1.54, 1.807) is 6.07 Å². The number of aromatic nitrogens is 1. The van der Waals surface area contributed by atoms with Crippen LogP contribution in [0, 0.1) is 5.92 Å². The Hall–Kier alpha value is -0.710. The number of H-pyrrole nitrogens is 1. The lowest BCUT2D eigenvalue weighted by atomic mass is 9.97. The van der Waals surface area contributed by atoms with Gasteiger partial charge in [-0.05, 0) is 31.4 Å². The number of likely N-dealkylation sites (tertiary alicyclic amines) is 1. The molecule has 0 radical (unpaired) electrons. The Bertz CT molecular complexity index is 391. The van der Waals surface area contributed by atoms with Gasteiger partial charge in [0, 0.05) is 13.1 Å². The molecule has 1 aromatic heterocycles. The summed E-state index contributed by atoms with van der Waals surface area (Å²) in [5, 5.41) is 0.693. The lowest BCUT2D eigenvalue weighted by Gasteiger charge is -2.31. The molecule has 3 N–H and O–H groups in total. The van der Waals surface area contributed by atoms with E-state index in [1.807, 2.05) is 4.90 Å². The SMILES string of the molecule is NCC1CCN(C(=O)c2cc(Cl)c(Cl)[nH]2)CC1. The van der Waals surface area contributed by atoms with Crippen LogP contribution < -0.4 is 5.73 Å². The Labute approximate surface area is 110 Å². The second-order valence-electron chi connectivity index (χ2n) is 4.32. The van der Waals surface area contributed by atoms with Gasteiger partial charge in [0.2, 0.25) is 0 Å². The molecule has 0 unspecified atom stereocenters. The van der Waals surface area contributed by atoms with E-state index >= 15 is 0 Å². The number of piperidine rings is 1. The Balaban J connectivity index is 2.01. The van der Waals surface area contributed by atoms with Gasteiger partial charge in [0.15, 0.2) is 0 Å². The molecule has 0 spiro atoms. The molecule has 1 aliphatic heterocycles. The van der Waals surface area contributed by atoms with Crippen LogP contribution in [0.2, 0.25) is 10.2 Å². The van der Waals surface area contributed by atoms with Gasteiger partial charge in [-0.15, -0.1) is 0 Å². The summed E-state index contributed by atoms with van der Waals surface area (Å²) in [7, 11) is 0. The van der Waals surface area contributed by atoms with E-state index in [0.29, 0.717) is 28.3 Å². The highest BCUT2D eigenvalue weighted by molar-refractivity contribution is 6.41. The summed E-state index contributed by atoms with van der Waals surface area (Å²) in [6, 6.07) is 1.57. The van der Waals surface area contributed by atoms with E-state index in [0.717, 1.165) is 25.9 Å². The fraction of sp³-hybridized carbons (Fsp3) is 0.545. The topological polar surface area (TPSA) is 62.1 Å². The van der Waals surface area contributed by atoms with Crippen LogP contribution in [-0.4, -0.2) is 35.4 Å². The first kappa shape index (κ1) is 12.7. The first-order chi connectivity index (χ1) is 8.11. The zero-order valence-electron chi connectivity index (χ0n) is 9.38. The van der Waals surface area contributed by atoms with Gasteiger partial charge < -0.3 is 15.6 Å². The first-order valence-electron chi connectivity index (χ1n) is 5.65. The van der Waals surface area contributed by atoms with Crippen LogP contribution in [0.25, 0.3) is 0 Å². The number of halogens is 2. The van der Waals surface area contributed by atoms with E-state index < -0.39 is 0 Å². The smallest absolute Gasteiger partial charge is 0.270 e. The minimum Gasteiger partial charge on any atom is -0.340 e. The highest BCUT2D eigenvalue weighted by Crippen LogP contribution is 2.24. The van der Waals surface area contributed by atoms with Crippen molar-refractivity contribution in [1.82, 2.24) is 9.88 Å². The van der Waals surface area contributed by atoms with Crippen LogP contribution in [0.3, 0.4) is 0 Å². The van der Waals surface area contributed by atoms with Crippen LogP contribution in [0.5, 0.6) is 0 Å². The molecule has 0 aromatic carbocycles. The monoisotopic (exact) mass is 275 g/mol. The van der Waals surface area contributed by atoms with Crippen LogP contribution in [0.1, 0.15) is 23.3 Å². The van der Waals surface area contributed by atoms with Crippen molar-refractivity contribution < 1.29 is 4.79 Å². The van der Waals surface area contributed by atoms with Crippen LogP contribution >= 0.6 is 23.2 Å². The summed E-state index contributed by atoms with van der Waals surface area (Å²) in [5.41, 5.74) is 6.06. The number of hydrogen-bond acceptors (Lipinski definition) is 2. The van der Waals surface area contributed by atoms with Gasteiger partial charge in [0.05, 0.1) is 5.02 Å². The molecule has 0 bridgehead atoms. The number of nitrogens with zero attached hydrogens (tertiary/aromatic N) is 1. The van der Waals surface area contributed by atoms with Crippen molar-refractivity contribution in [2.45, 2.75) is 12.8 Å². The Morgan fingerprint density at radius 1 is 1.47 bits per heavy atom. The summed E-state index contributed by atoms with van der Waals surface area (Å²) in [6.07, 6.45) is 1.93. The predicted molar refractivity (Wildman–Crippen MR) is 68.5 cm³/mol. The van der Waals surface area contributed by atoms with Crippen molar-refractivity contribution in [3.8, 4) is 0 Å². The average Bonchev–Trinajstić information content (AvgIpc) is 2.69. The second kappa shape index (κ2) is 5.29. The van der Waals surface area contributed by atoms with Gasteiger partial charge in [-0.1, -0.05) is 23.2 Å². The molecule has 17 heavy (non-hydrogen) atoms. The predicted octanol–water partition coefficient (Wildman–Crippen LogP) is 2.13. The molecule has 1 amide bonds. The van der Waals surface area contributed by atoms with Gasteiger partial charge in [0.25, 0.3) is 5.91 Å². The van der Waals surface area contributed by atoms with Crippen molar-refractivity contribution >= 4 is 29.1 Å². The maximum absolute atomic E-state index is 12.1. The number of amides is 1. The fourth-order valence-corrected chi connectivity index (χ4v) is 2.37. The normalized spacial score (nSPS) is 17.5. The van der Waals surface area contributed by atoms with Crippen molar-refractivity contribution in [2.24, 2.45) is 11.7 Å². The third-order valence-electron chi connectivity index (χ3n) is 3.19. The molecule has 1 fully saturated rings. The van der Waals surface area contributed by atoms with Crippen molar-refractivity contribution in [3.05, 3.63) is 21.9 Å². The Morgan fingerprint density at radius 3 is 2.59 bits per heavy atom. The molecule has 0 atom stereocenters. The maximum atomic E-state index is 12.1. The van der Waals surface area contributed by atoms with E-state index in [1.165, 1.54) is 0 Å². The average molecular weight is 276 g/mol. The molecule has 4 nitrogen and oxygen atoms in total. The van der Waals surface area contributed by atoms with Crippen LogP contribution in [0.15, 0.2) is 6.07 Å². The number of aromatic amines is 1. The molecule has 1 saturated heterocycles. The first-order valence-corrected chi connectivity index (χ1v) is 6.40. The summed E-state index contributed by atoms with van der Waals surface area (Å²) in [5.74, 6) is 0.490. The van der Waals surface area contributed by atoms with Gasteiger partial charge in [-0.3, -0.25) is 4.79 Å². The van der Waals surface area contributed by atoms with Gasteiger partial charge in [0.1, 0.15) is 10.8 Å². The number of nitrogens with one attached hydrogen (secondary N) is 1. The maximum Gasteiger partial charge on any atom is 0.270 e. The zero-order chi connectivity index (χ0) is 12.4. The molecular weight excluding hydrogens is 261 g/mol. The van der Waals surface area contributed by atoms with Gasteiger partial charge in [-0.2, -0.15) is 0 Å². The molecule has 2 rings (SSSR count). The minimum absolute atomic E-state index is 0.0470. The largest absolute Gasteiger partial charge is 0.340 e. The summed E-state index contributed by atoms with van der Waals surface area (Å²) in [6.45, 7) is 2.19. The second-order valence-corrected chi connectivity index (χ2v) is 5.10. The van der Waals surface area contributed by atoms with Crippen LogP contribution in [0.4, 0.5) is 0 Å². The zero-order valence-corrected chi connectivity index (χ0v) is 10.9. The van der Waals surface area contributed by atoms with E-state index in [-0.39, 0.29) is 5.91 Å². The van der Waals surface area contributed by atoms with Gasteiger partial charge in [-0.25, -0.2) is 0 Å². The van der Waals surface area contributed by atoms with Crippen molar-refractivity contribution in [3.63, 3.8) is 0 Å². The van der Waals surface area contributed by atoms with E-state index in [4.69, 9.17) is 28.9 Å². The summed E-state index contributed by atoms with van der Waals surface area (Å²) < 4.78 is 0. The standard InChI is InChI=1S/C11H15Cl2N3O/c12-8-5-9(15-10(8)13)11(17)16-3-1-7(6-14)2-4-16/h5,7,15H,1-4,6,14H2. The highest BCUT2D eigenvalue weighted by atomic mass is 35.5. The molecule has 6 heteroatoms. The lowest BCUT2D eigenvalue weighted by Crippen LogP contribution is -2.40. The number of hydrogen-bond donors (Lipinski definition) is 2. The van der Waals surface area contributed by atoms with Crippen molar-refractivity contribution in [2.75, 3.05) is 19.6 Å². The molecular formula is C11H15Cl2N3O. The number of rotatable bonds is 2. The number of carbonyl (C=O) groups is 1. The third-order valence-corrected chi connectivity index (χ3v) is 3.88. The van der Waals surface area contributed by atoms with E-state index in [9.17, 15) is 4.79 Å². The summed E-state index contributed by atoms with van der Waals surface area (Å²) >= 11 is 11.6. The minimum atomic E-state index is -0.0470. The molecule has 0 saturated carbocycles. The Kier molecular flexibility index (Phi) is 3.97. The van der Waals surface area contributed by atoms with Gasteiger partial charge >= 0.3 is 0 Å². The fourth-order valence-electron chi connectivity index (χ4n) is 2.06.